The Morgan fingerprint density at radius 3 is 2.95 bits per heavy atom. The molecule has 120 valence electrons. The highest BCUT2D eigenvalue weighted by atomic mass is 16.6. The quantitative estimate of drug-likeness (QED) is 0.638. The van der Waals surface area contributed by atoms with E-state index in [1.165, 1.54) is 6.07 Å². The van der Waals surface area contributed by atoms with Crippen LogP contribution in [0.3, 0.4) is 0 Å². The fraction of sp³-hybridized carbons (Fsp3) is 0.533. The van der Waals surface area contributed by atoms with Crippen molar-refractivity contribution < 1.29 is 14.5 Å². The zero-order valence-corrected chi connectivity index (χ0v) is 12.7. The summed E-state index contributed by atoms with van der Waals surface area (Å²) in [4.78, 5) is 23.8. The predicted octanol–water partition coefficient (Wildman–Crippen LogP) is 1.83. The highest BCUT2D eigenvalue weighted by molar-refractivity contribution is 5.74. The van der Waals surface area contributed by atoms with Crippen molar-refractivity contribution in [2.24, 2.45) is 11.7 Å². The minimum absolute atomic E-state index is 0.0569. The van der Waals surface area contributed by atoms with E-state index in [1.807, 2.05) is 0 Å². The number of ether oxygens (including phenoxy) is 1. The van der Waals surface area contributed by atoms with E-state index in [-0.39, 0.29) is 17.5 Å². The summed E-state index contributed by atoms with van der Waals surface area (Å²) >= 11 is 0. The Bertz CT molecular complexity index is 562. The van der Waals surface area contributed by atoms with Crippen molar-refractivity contribution in [3.63, 3.8) is 0 Å². The smallest absolute Gasteiger partial charge is 0.269 e. The van der Waals surface area contributed by atoms with E-state index >= 15 is 0 Å². The third kappa shape index (κ3) is 3.94. The van der Waals surface area contributed by atoms with E-state index in [1.54, 1.807) is 19.2 Å². The van der Waals surface area contributed by atoms with Gasteiger partial charge in [0.2, 0.25) is 5.91 Å². The van der Waals surface area contributed by atoms with Gasteiger partial charge in [0, 0.05) is 50.0 Å². The molecule has 7 heteroatoms. The second-order valence-electron chi connectivity index (χ2n) is 5.63. The molecule has 22 heavy (non-hydrogen) atoms. The molecular weight excluding hydrogens is 286 g/mol. The Kier molecular flexibility index (Phi) is 5.32. The molecule has 1 unspecified atom stereocenters. The monoisotopic (exact) mass is 307 g/mol. The summed E-state index contributed by atoms with van der Waals surface area (Å²) in [5.74, 6) is -0.0514. The molecule has 0 saturated carbocycles. The zero-order chi connectivity index (χ0) is 16.1. The first-order valence-corrected chi connectivity index (χ1v) is 7.30. The molecule has 7 nitrogen and oxygen atoms in total. The molecule has 1 heterocycles. The van der Waals surface area contributed by atoms with E-state index < -0.39 is 4.92 Å². The van der Waals surface area contributed by atoms with Gasteiger partial charge >= 0.3 is 0 Å². The van der Waals surface area contributed by atoms with E-state index in [0.717, 1.165) is 37.2 Å². The molecule has 0 spiro atoms. The molecule has 0 bridgehead atoms. The molecule has 2 rings (SSSR count). The summed E-state index contributed by atoms with van der Waals surface area (Å²) < 4.78 is 5.16. The number of carbonyl (C=O) groups is 1. The Hall–Kier alpha value is -2.15. The van der Waals surface area contributed by atoms with Gasteiger partial charge in [-0.25, -0.2) is 0 Å². The lowest BCUT2D eigenvalue weighted by Crippen LogP contribution is -2.37. The highest BCUT2D eigenvalue weighted by Gasteiger charge is 2.24. The van der Waals surface area contributed by atoms with Gasteiger partial charge in [0.05, 0.1) is 11.5 Å². The van der Waals surface area contributed by atoms with Gasteiger partial charge in [0.15, 0.2) is 0 Å². The maximum atomic E-state index is 11.1. The number of rotatable bonds is 6. The number of nitro benzene ring substituents is 1. The van der Waals surface area contributed by atoms with Crippen molar-refractivity contribution in [3.05, 3.63) is 33.9 Å². The predicted molar refractivity (Wildman–Crippen MR) is 82.6 cm³/mol. The van der Waals surface area contributed by atoms with Crippen LogP contribution in [0.4, 0.5) is 11.4 Å². The first-order chi connectivity index (χ1) is 10.5. The molecule has 1 aliphatic heterocycles. The van der Waals surface area contributed by atoms with E-state index in [2.05, 4.69) is 4.90 Å². The van der Waals surface area contributed by atoms with Gasteiger partial charge in [-0.05, 0) is 24.8 Å². The maximum Gasteiger partial charge on any atom is 0.269 e. The summed E-state index contributed by atoms with van der Waals surface area (Å²) in [6, 6.07) is 4.82. The largest absolute Gasteiger partial charge is 0.380 e. The zero-order valence-electron chi connectivity index (χ0n) is 12.7. The maximum absolute atomic E-state index is 11.1. The van der Waals surface area contributed by atoms with Crippen molar-refractivity contribution in [2.75, 3.05) is 25.1 Å². The van der Waals surface area contributed by atoms with E-state index in [0.29, 0.717) is 13.0 Å². The van der Waals surface area contributed by atoms with Gasteiger partial charge in [-0.2, -0.15) is 0 Å². The average molecular weight is 307 g/mol. The molecule has 1 saturated heterocycles. The number of carbonyl (C=O) groups excluding carboxylic acids is 1. The lowest BCUT2D eigenvalue weighted by molar-refractivity contribution is -0.384. The highest BCUT2D eigenvalue weighted by Crippen LogP contribution is 2.30. The average Bonchev–Trinajstić information content (AvgIpc) is 2.47. The topological polar surface area (TPSA) is 98.7 Å². The van der Waals surface area contributed by atoms with Crippen LogP contribution in [0.15, 0.2) is 18.2 Å². The third-order valence-electron chi connectivity index (χ3n) is 3.92. The van der Waals surface area contributed by atoms with Gasteiger partial charge in [-0.3, -0.25) is 14.9 Å². The number of primary amides is 1. The van der Waals surface area contributed by atoms with Gasteiger partial charge in [-0.15, -0.1) is 0 Å². The number of piperidine rings is 1. The first-order valence-electron chi connectivity index (χ1n) is 7.30. The molecule has 1 aromatic rings. The van der Waals surface area contributed by atoms with Crippen LogP contribution in [-0.2, 0) is 16.1 Å². The Balaban J connectivity index is 2.22. The molecule has 0 aliphatic carbocycles. The van der Waals surface area contributed by atoms with Crippen molar-refractivity contribution >= 4 is 17.3 Å². The number of anilines is 1. The lowest BCUT2D eigenvalue weighted by Gasteiger charge is -2.35. The van der Waals surface area contributed by atoms with Crippen LogP contribution >= 0.6 is 0 Å². The minimum atomic E-state index is -0.408. The summed E-state index contributed by atoms with van der Waals surface area (Å²) in [6.07, 6.45) is 2.33. The molecule has 1 aromatic carbocycles. The Labute approximate surface area is 129 Å². The molecule has 1 aliphatic rings. The van der Waals surface area contributed by atoms with E-state index in [4.69, 9.17) is 10.5 Å². The van der Waals surface area contributed by atoms with Gasteiger partial charge in [-0.1, -0.05) is 0 Å². The van der Waals surface area contributed by atoms with Crippen molar-refractivity contribution in [2.45, 2.75) is 25.9 Å². The molecular formula is C15H21N3O4. The van der Waals surface area contributed by atoms with Crippen LogP contribution < -0.4 is 10.6 Å². The summed E-state index contributed by atoms with van der Waals surface area (Å²) in [5.41, 5.74) is 7.06. The summed E-state index contributed by atoms with van der Waals surface area (Å²) in [5, 5.41) is 10.9. The number of nitro groups is 1. The van der Waals surface area contributed by atoms with Gasteiger partial charge in [0.25, 0.3) is 5.69 Å². The van der Waals surface area contributed by atoms with Crippen molar-refractivity contribution in [3.8, 4) is 0 Å². The summed E-state index contributed by atoms with van der Waals surface area (Å²) in [6.45, 7) is 1.91. The Morgan fingerprint density at radius 1 is 1.55 bits per heavy atom. The van der Waals surface area contributed by atoms with Crippen molar-refractivity contribution in [1.82, 2.24) is 0 Å². The number of nitrogens with two attached hydrogens (primary N) is 1. The Morgan fingerprint density at radius 2 is 2.32 bits per heavy atom. The fourth-order valence-electron chi connectivity index (χ4n) is 3.00. The SMILES string of the molecule is COCc1cc([N+](=O)[O-])ccc1N1CCCC(CC(N)=O)C1. The standard InChI is InChI=1S/C15H21N3O4/c1-22-10-12-8-13(18(20)21)4-5-14(12)17-6-2-3-11(9-17)7-15(16)19/h4-5,8,11H,2-3,6-7,9-10H2,1H3,(H2,16,19). The number of methoxy groups -OCH3 is 1. The van der Waals surface area contributed by atoms with Crippen LogP contribution in [0.1, 0.15) is 24.8 Å². The number of hydrogen-bond acceptors (Lipinski definition) is 5. The van der Waals surface area contributed by atoms with Gasteiger partial charge in [0.1, 0.15) is 0 Å². The van der Waals surface area contributed by atoms with E-state index in [9.17, 15) is 14.9 Å². The fourth-order valence-corrected chi connectivity index (χ4v) is 3.00. The number of hydrogen-bond donors (Lipinski definition) is 1. The molecule has 2 N–H and O–H groups in total. The molecule has 1 amide bonds. The minimum Gasteiger partial charge on any atom is -0.380 e. The summed E-state index contributed by atoms with van der Waals surface area (Å²) in [7, 11) is 1.56. The van der Waals surface area contributed by atoms with Crippen LogP contribution in [0.2, 0.25) is 0 Å². The van der Waals surface area contributed by atoms with Gasteiger partial charge < -0.3 is 15.4 Å². The number of amides is 1. The first kappa shape index (κ1) is 16.2. The van der Waals surface area contributed by atoms with Crippen LogP contribution in [0.25, 0.3) is 0 Å². The number of benzene rings is 1. The lowest BCUT2D eigenvalue weighted by atomic mass is 9.93. The second kappa shape index (κ2) is 7.22. The second-order valence-corrected chi connectivity index (χ2v) is 5.63. The normalized spacial score (nSPS) is 18.2. The molecule has 1 atom stereocenters. The van der Waals surface area contributed by atoms with Crippen molar-refractivity contribution in [1.29, 1.82) is 0 Å². The van der Waals surface area contributed by atoms with Crippen LogP contribution in [-0.4, -0.2) is 31.0 Å². The number of nitrogens with zero attached hydrogens (tertiary/aromatic N) is 2. The molecule has 0 aromatic heterocycles. The number of non-ortho nitro benzene ring substituents is 1. The molecule has 1 fully saturated rings. The molecule has 0 radical (unpaired) electrons. The van der Waals surface area contributed by atoms with Crippen LogP contribution in [0.5, 0.6) is 0 Å². The van der Waals surface area contributed by atoms with Crippen LogP contribution in [0, 0.1) is 16.0 Å². The third-order valence-corrected chi connectivity index (χ3v) is 3.92.